The van der Waals surface area contributed by atoms with E-state index in [1.165, 1.54) is 39.0 Å². The molecule has 4 fully saturated rings. The van der Waals surface area contributed by atoms with Gasteiger partial charge in [-0.25, -0.2) is 4.79 Å². The van der Waals surface area contributed by atoms with Crippen LogP contribution >= 0.6 is 0 Å². The van der Waals surface area contributed by atoms with E-state index in [2.05, 4.69) is 11.4 Å². The van der Waals surface area contributed by atoms with Crippen LogP contribution in [0.5, 0.6) is 5.75 Å². The van der Waals surface area contributed by atoms with Gasteiger partial charge in [0, 0.05) is 25.1 Å². The fourth-order valence-electron chi connectivity index (χ4n) is 6.88. The van der Waals surface area contributed by atoms with Crippen LogP contribution in [0.3, 0.4) is 0 Å². The van der Waals surface area contributed by atoms with E-state index in [4.69, 9.17) is 5.11 Å². The zero-order chi connectivity index (χ0) is 23.1. The highest BCUT2D eigenvalue weighted by Gasteiger charge is 2.49. The molecule has 0 spiro atoms. The molecule has 4 aliphatic rings. The molecule has 172 valence electrons. The first kappa shape index (κ1) is 21.7. The van der Waals surface area contributed by atoms with Crippen LogP contribution in [0.25, 0.3) is 17.2 Å². The number of carbonyl (C=O) groups is 2. The number of phenols is 1. The topological polar surface area (TPSA) is 86.6 Å². The number of hydrogen-bond donors (Lipinski definition) is 3. The van der Waals surface area contributed by atoms with E-state index in [1.807, 2.05) is 30.3 Å². The molecule has 4 aliphatic carbocycles. The number of nitrogens with one attached hydrogen (secondary N) is 1. The monoisotopic (exact) mass is 445 g/mol. The first-order chi connectivity index (χ1) is 15.9. The van der Waals surface area contributed by atoms with Gasteiger partial charge in [-0.3, -0.25) is 4.79 Å². The summed E-state index contributed by atoms with van der Waals surface area (Å²) in [4.78, 5) is 22.4. The normalized spacial score (nSPS) is 27.7. The molecule has 0 aliphatic heterocycles. The number of carboxylic acid groups (broad SMARTS) is 1. The van der Waals surface area contributed by atoms with Gasteiger partial charge in [0.05, 0.1) is 0 Å². The minimum Gasteiger partial charge on any atom is -0.507 e. The van der Waals surface area contributed by atoms with Gasteiger partial charge in [-0.05, 0) is 102 Å². The molecule has 0 heterocycles. The highest BCUT2D eigenvalue weighted by Crippen LogP contribution is 2.61. The number of aliphatic carboxylic acids is 1. The number of phenolic OH excluding ortho intramolecular Hbond substituents is 1. The largest absolute Gasteiger partial charge is 0.507 e. The summed E-state index contributed by atoms with van der Waals surface area (Å²) in [5.41, 5.74) is 4.64. The van der Waals surface area contributed by atoms with Crippen LogP contribution in [0.4, 0.5) is 0 Å². The van der Waals surface area contributed by atoms with Gasteiger partial charge in [-0.15, -0.1) is 0 Å². The SMILES string of the molecule is CC(=O)NCc1cc(-c2ccc(C=CC(=O)O)cc2)cc(C2C3CC4CC(C3)CC2C4)c1O. The number of aromatic hydroxyl groups is 1. The summed E-state index contributed by atoms with van der Waals surface area (Å²) in [6, 6.07) is 11.9. The maximum atomic E-state index is 11.6. The van der Waals surface area contributed by atoms with Gasteiger partial charge in [0.15, 0.2) is 0 Å². The molecule has 0 saturated heterocycles. The number of rotatable bonds is 6. The predicted octanol–water partition coefficient (Wildman–Crippen LogP) is 5.33. The molecule has 2 aromatic rings. The summed E-state index contributed by atoms with van der Waals surface area (Å²) in [6.45, 7) is 1.79. The van der Waals surface area contributed by atoms with Gasteiger partial charge in [-0.1, -0.05) is 24.3 Å². The smallest absolute Gasteiger partial charge is 0.328 e. The summed E-state index contributed by atoms with van der Waals surface area (Å²) >= 11 is 0. The van der Waals surface area contributed by atoms with Crippen molar-refractivity contribution < 1.29 is 19.8 Å². The van der Waals surface area contributed by atoms with E-state index in [0.29, 0.717) is 30.0 Å². The highest BCUT2D eigenvalue weighted by molar-refractivity contribution is 5.85. The number of hydrogen-bond acceptors (Lipinski definition) is 3. The molecule has 3 N–H and O–H groups in total. The Bertz CT molecular complexity index is 1070. The van der Waals surface area contributed by atoms with E-state index < -0.39 is 5.97 Å². The zero-order valence-corrected chi connectivity index (χ0v) is 19.0. The van der Waals surface area contributed by atoms with Crippen LogP contribution < -0.4 is 5.32 Å². The standard InChI is InChI=1S/C28H31NO4/c1-16(30)29-15-24-13-21(20-5-2-17(3-6-20)4-7-26(31)32)14-25(28(24)33)27-22-9-18-8-19(11-22)12-23(27)10-18/h2-7,13-14,18-19,22-23,27,33H,8-12,15H2,1H3,(H,29,30)(H,31,32). The van der Waals surface area contributed by atoms with Crippen LogP contribution in [0, 0.1) is 23.7 Å². The zero-order valence-electron chi connectivity index (χ0n) is 19.0. The lowest BCUT2D eigenvalue weighted by Crippen LogP contribution is -2.43. The van der Waals surface area contributed by atoms with E-state index in [-0.39, 0.29) is 5.91 Å². The third-order valence-electron chi connectivity index (χ3n) is 7.99. The van der Waals surface area contributed by atoms with Gasteiger partial charge in [0.2, 0.25) is 5.91 Å². The van der Waals surface area contributed by atoms with Crippen molar-refractivity contribution in [1.29, 1.82) is 0 Å². The van der Waals surface area contributed by atoms with Gasteiger partial charge in [-0.2, -0.15) is 0 Å². The number of benzene rings is 2. The first-order valence-electron chi connectivity index (χ1n) is 12.0. The van der Waals surface area contributed by atoms with Crippen molar-refractivity contribution in [1.82, 2.24) is 5.32 Å². The third kappa shape index (κ3) is 4.41. The lowest BCUT2D eigenvalue weighted by Gasteiger charge is -2.54. The first-order valence-corrected chi connectivity index (χ1v) is 12.0. The number of amides is 1. The summed E-state index contributed by atoms with van der Waals surface area (Å²) in [5, 5.41) is 23.0. The van der Waals surface area contributed by atoms with Crippen molar-refractivity contribution in [2.75, 3.05) is 0 Å². The molecule has 2 aromatic carbocycles. The molecule has 33 heavy (non-hydrogen) atoms. The molecule has 0 unspecified atom stereocenters. The van der Waals surface area contributed by atoms with Gasteiger partial charge in [0.1, 0.15) is 5.75 Å². The second-order valence-electron chi connectivity index (χ2n) is 10.2. The Hall–Kier alpha value is -3.08. The van der Waals surface area contributed by atoms with E-state index in [9.17, 15) is 14.7 Å². The molecular weight excluding hydrogens is 414 g/mol. The molecule has 6 rings (SSSR count). The highest BCUT2D eigenvalue weighted by atomic mass is 16.4. The van der Waals surface area contributed by atoms with Crippen molar-refractivity contribution in [3.05, 3.63) is 59.2 Å². The summed E-state index contributed by atoms with van der Waals surface area (Å²) < 4.78 is 0. The molecule has 0 aromatic heterocycles. The minimum atomic E-state index is -0.972. The lowest BCUT2D eigenvalue weighted by molar-refractivity contribution is -0.131. The Morgan fingerprint density at radius 3 is 2.18 bits per heavy atom. The van der Waals surface area contributed by atoms with Crippen LogP contribution in [-0.2, 0) is 16.1 Å². The Labute approximate surface area is 194 Å². The summed E-state index contributed by atoms with van der Waals surface area (Å²) in [7, 11) is 0. The van der Waals surface area contributed by atoms with Crippen molar-refractivity contribution in [3.63, 3.8) is 0 Å². The Morgan fingerprint density at radius 1 is 0.970 bits per heavy atom. The van der Waals surface area contributed by atoms with Crippen molar-refractivity contribution >= 4 is 18.0 Å². The molecule has 4 saturated carbocycles. The van der Waals surface area contributed by atoms with Gasteiger partial charge >= 0.3 is 5.97 Å². The predicted molar refractivity (Wildman–Crippen MR) is 128 cm³/mol. The van der Waals surface area contributed by atoms with Crippen LogP contribution in [-0.4, -0.2) is 22.1 Å². The fourth-order valence-corrected chi connectivity index (χ4v) is 6.88. The van der Waals surface area contributed by atoms with Gasteiger partial charge < -0.3 is 15.5 Å². The third-order valence-corrected chi connectivity index (χ3v) is 7.99. The Balaban J connectivity index is 1.52. The molecule has 1 amide bonds. The maximum absolute atomic E-state index is 11.6. The van der Waals surface area contributed by atoms with Crippen molar-refractivity contribution in [2.24, 2.45) is 23.7 Å². The average Bonchev–Trinajstić information content (AvgIpc) is 2.77. The van der Waals surface area contributed by atoms with Gasteiger partial charge in [0.25, 0.3) is 0 Å². The molecule has 0 radical (unpaired) electrons. The molecule has 5 heteroatoms. The number of carboxylic acids is 1. The van der Waals surface area contributed by atoms with E-state index in [0.717, 1.165) is 45.7 Å². The lowest BCUT2D eigenvalue weighted by atomic mass is 9.50. The second-order valence-corrected chi connectivity index (χ2v) is 10.2. The van der Waals surface area contributed by atoms with E-state index in [1.54, 1.807) is 6.08 Å². The summed E-state index contributed by atoms with van der Waals surface area (Å²) in [6.07, 6.45) is 9.18. The Kier molecular flexibility index (Phi) is 5.73. The second kappa shape index (κ2) is 8.69. The van der Waals surface area contributed by atoms with E-state index >= 15 is 0 Å². The van der Waals surface area contributed by atoms with Crippen molar-refractivity contribution in [3.8, 4) is 16.9 Å². The quantitative estimate of drug-likeness (QED) is 0.524. The Morgan fingerprint density at radius 2 is 1.61 bits per heavy atom. The van der Waals surface area contributed by atoms with Crippen molar-refractivity contribution in [2.45, 2.75) is 51.5 Å². The average molecular weight is 446 g/mol. The summed E-state index contributed by atoms with van der Waals surface area (Å²) in [5.74, 6) is 2.63. The number of carbonyl (C=O) groups excluding carboxylic acids is 1. The minimum absolute atomic E-state index is 0.120. The van der Waals surface area contributed by atoms with Crippen LogP contribution in [0.15, 0.2) is 42.5 Å². The molecule has 4 bridgehead atoms. The molecule has 0 atom stereocenters. The van der Waals surface area contributed by atoms with Crippen LogP contribution in [0.1, 0.15) is 61.6 Å². The van der Waals surface area contributed by atoms with Crippen LogP contribution in [0.2, 0.25) is 0 Å². The molecule has 5 nitrogen and oxygen atoms in total. The maximum Gasteiger partial charge on any atom is 0.328 e. The fraction of sp³-hybridized carbons (Fsp3) is 0.429. The molecular formula is C28H31NO4.